The molecule has 3 nitrogen and oxygen atoms in total. The molecular weight excluding hydrogens is 445 g/mol. The minimum absolute atomic E-state index is 0.00545. The van der Waals surface area contributed by atoms with Gasteiger partial charge in [0.05, 0.1) is 12.1 Å². The monoisotopic (exact) mass is 455 g/mol. The summed E-state index contributed by atoms with van der Waals surface area (Å²) in [5, 5.41) is 10.2. The van der Waals surface area contributed by atoms with Crippen LogP contribution >= 0.6 is 38.5 Å². The van der Waals surface area contributed by atoms with Crippen LogP contribution < -0.4 is 0 Å². The Morgan fingerprint density at radius 3 is 2.57 bits per heavy atom. The Morgan fingerprint density at radius 2 is 1.90 bits per heavy atom. The van der Waals surface area contributed by atoms with E-state index in [0.29, 0.717) is 0 Å². The van der Waals surface area contributed by atoms with Gasteiger partial charge in [-0.15, -0.1) is 0 Å². The van der Waals surface area contributed by atoms with E-state index >= 15 is 0 Å². The van der Waals surface area contributed by atoms with Crippen molar-refractivity contribution < 1.29 is 9.90 Å². The largest absolute Gasteiger partial charge is 0.481 e. The molecule has 0 aliphatic heterocycles. The van der Waals surface area contributed by atoms with E-state index in [1.54, 1.807) is 0 Å². The summed E-state index contributed by atoms with van der Waals surface area (Å²) in [4.78, 5) is 14.6. The molecule has 0 fully saturated rings. The van der Waals surface area contributed by atoms with Crippen LogP contribution in [0.1, 0.15) is 5.56 Å². The zero-order valence-corrected chi connectivity index (χ0v) is 14.6. The summed E-state index contributed by atoms with van der Waals surface area (Å²) in [6.07, 6.45) is 0.00545. The maximum atomic E-state index is 11.2. The van der Waals surface area contributed by atoms with E-state index in [9.17, 15) is 9.90 Å². The summed E-state index contributed by atoms with van der Waals surface area (Å²) in [6, 6.07) is 13.9. The average Bonchev–Trinajstić information content (AvgIpc) is 2.77. The Bertz CT molecular complexity index is 824. The molecule has 0 radical (unpaired) electrons. The van der Waals surface area contributed by atoms with Crippen molar-refractivity contribution in [2.24, 2.45) is 0 Å². The van der Waals surface area contributed by atoms with Gasteiger partial charge in [0.15, 0.2) is 0 Å². The van der Waals surface area contributed by atoms with E-state index in [1.165, 1.54) is 0 Å². The standard InChI is InChI=1S/C16H11BrINO2/c17-10-3-1-9(2-4-10)16-13(8-15(20)21)12-7-11(18)5-6-14(12)19-16/h1-7,19H,8H2,(H,20,21). The van der Waals surface area contributed by atoms with Gasteiger partial charge in [0.2, 0.25) is 0 Å². The molecule has 2 N–H and O–H groups in total. The number of carboxylic acids is 1. The van der Waals surface area contributed by atoms with Crippen LogP contribution in [0.3, 0.4) is 0 Å². The molecule has 106 valence electrons. The number of fused-ring (bicyclic) bond motifs is 1. The third-order valence-electron chi connectivity index (χ3n) is 3.33. The summed E-state index contributed by atoms with van der Waals surface area (Å²) < 4.78 is 2.09. The summed E-state index contributed by atoms with van der Waals surface area (Å²) in [5.41, 5.74) is 3.66. The predicted molar refractivity (Wildman–Crippen MR) is 95.5 cm³/mol. The molecule has 2 aromatic carbocycles. The third-order valence-corrected chi connectivity index (χ3v) is 4.53. The molecular formula is C16H11BrINO2. The summed E-state index contributed by atoms with van der Waals surface area (Å²) >= 11 is 5.65. The zero-order chi connectivity index (χ0) is 15.0. The number of benzene rings is 2. The van der Waals surface area contributed by atoms with Crippen LogP contribution in [-0.2, 0) is 11.2 Å². The maximum Gasteiger partial charge on any atom is 0.307 e. The molecule has 0 amide bonds. The molecule has 0 saturated carbocycles. The first-order chi connectivity index (χ1) is 10.0. The topological polar surface area (TPSA) is 53.1 Å². The lowest BCUT2D eigenvalue weighted by molar-refractivity contribution is -0.136. The Labute approximate surface area is 143 Å². The van der Waals surface area contributed by atoms with E-state index < -0.39 is 5.97 Å². The highest BCUT2D eigenvalue weighted by molar-refractivity contribution is 14.1. The summed E-state index contributed by atoms with van der Waals surface area (Å²) in [7, 11) is 0. The van der Waals surface area contributed by atoms with Crippen LogP contribution in [0.15, 0.2) is 46.9 Å². The minimum Gasteiger partial charge on any atom is -0.481 e. The fraction of sp³-hybridized carbons (Fsp3) is 0.0625. The molecule has 5 heteroatoms. The number of nitrogens with one attached hydrogen (secondary N) is 1. The molecule has 1 heterocycles. The molecule has 0 saturated heterocycles. The highest BCUT2D eigenvalue weighted by atomic mass is 127. The van der Waals surface area contributed by atoms with Crippen molar-refractivity contribution in [3.63, 3.8) is 0 Å². The quantitative estimate of drug-likeness (QED) is 0.556. The number of rotatable bonds is 3. The fourth-order valence-corrected chi connectivity index (χ4v) is 3.17. The van der Waals surface area contributed by atoms with E-state index in [1.807, 2.05) is 42.5 Å². The number of aromatic amines is 1. The Hall–Kier alpha value is -1.34. The number of aromatic nitrogens is 1. The molecule has 3 rings (SSSR count). The number of halogens is 2. The first-order valence-corrected chi connectivity index (χ1v) is 8.19. The molecule has 1 aromatic heterocycles. The van der Waals surface area contributed by atoms with Gasteiger partial charge >= 0.3 is 5.97 Å². The van der Waals surface area contributed by atoms with Gasteiger partial charge in [-0.1, -0.05) is 28.1 Å². The normalized spacial score (nSPS) is 11.0. The second kappa shape index (κ2) is 5.81. The van der Waals surface area contributed by atoms with Gasteiger partial charge in [-0.2, -0.15) is 0 Å². The van der Waals surface area contributed by atoms with Crippen molar-refractivity contribution in [2.45, 2.75) is 6.42 Å². The zero-order valence-electron chi connectivity index (χ0n) is 10.9. The second-order valence-electron chi connectivity index (χ2n) is 4.75. The Morgan fingerprint density at radius 1 is 1.19 bits per heavy atom. The van der Waals surface area contributed by atoms with Crippen molar-refractivity contribution in [1.82, 2.24) is 4.98 Å². The molecule has 0 aliphatic carbocycles. The van der Waals surface area contributed by atoms with Crippen LogP contribution in [-0.4, -0.2) is 16.1 Å². The first-order valence-electron chi connectivity index (χ1n) is 6.32. The molecule has 0 bridgehead atoms. The molecule has 0 atom stereocenters. The third kappa shape index (κ3) is 2.98. The second-order valence-corrected chi connectivity index (χ2v) is 6.91. The van der Waals surface area contributed by atoms with E-state index in [4.69, 9.17) is 0 Å². The lowest BCUT2D eigenvalue weighted by Crippen LogP contribution is -2.01. The predicted octanol–water partition coefficient (Wildman–Crippen LogP) is 4.83. The maximum absolute atomic E-state index is 11.2. The number of H-pyrrole nitrogens is 1. The summed E-state index contributed by atoms with van der Waals surface area (Å²) in [5.74, 6) is -0.826. The van der Waals surface area contributed by atoms with Gasteiger partial charge < -0.3 is 10.1 Å². The fourth-order valence-electron chi connectivity index (χ4n) is 2.42. The highest BCUT2D eigenvalue weighted by Gasteiger charge is 2.16. The lowest BCUT2D eigenvalue weighted by atomic mass is 10.0. The van der Waals surface area contributed by atoms with Crippen LogP contribution in [0, 0.1) is 3.57 Å². The minimum atomic E-state index is -0.826. The Kier molecular flexibility index (Phi) is 4.03. The first kappa shape index (κ1) is 14.6. The molecule has 0 unspecified atom stereocenters. The molecule has 0 aliphatic rings. The highest BCUT2D eigenvalue weighted by Crippen LogP contribution is 2.32. The smallest absolute Gasteiger partial charge is 0.307 e. The summed E-state index contributed by atoms with van der Waals surface area (Å²) in [6.45, 7) is 0. The van der Waals surface area contributed by atoms with E-state index in [-0.39, 0.29) is 6.42 Å². The van der Waals surface area contributed by atoms with Gasteiger partial charge in [-0.3, -0.25) is 4.79 Å². The van der Waals surface area contributed by atoms with Crippen molar-refractivity contribution in [3.05, 3.63) is 56.1 Å². The lowest BCUT2D eigenvalue weighted by Gasteiger charge is -2.03. The number of hydrogen-bond donors (Lipinski definition) is 2. The van der Waals surface area contributed by atoms with Crippen molar-refractivity contribution in [3.8, 4) is 11.3 Å². The van der Waals surface area contributed by atoms with E-state index in [2.05, 4.69) is 43.5 Å². The van der Waals surface area contributed by atoms with Crippen molar-refractivity contribution >= 4 is 55.4 Å². The molecule has 21 heavy (non-hydrogen) atoms. The SMILES string of the molecule is O=C(O)Cc1c(-c2ccc(Br)cc2)[nH]c2ccc(I)cc12. The number of aliphatic carboxylic acids is 1. The van der Waals surface area contributed by atoms with Crippen LogP contribution in [0.25, 0.3) is 22.2 Å². The van der Waals surface area contributed by atoms with Gasteiger partial charge in [0, 0.05) is 18.9 Å². The number of carbonyl (C=O) groups is 1. The van der Waals surface area contributed by atoms with Gasteiger partial charge in [0.1, 0.15) is 0 Å². The van der Waals surface area contributed by atoms with Crippen LogP contribution in [0.4, 0.5) is 0 Å². The van der Waals surface area contributed by atoms with Crippen molar-refractivity contribution in [1.29, 1.82) is 0 Å². The van der Waals surface area contributed by atoms with Crippen molar-refractivity contribution in [2.75, 3.05) is 0 Å². The number of hydrogen-bond acceptors (Lipinski definition) is 1. The van der Waals surface area contributed by atoms with Gasteiger partial charge in [0.25, 0.3) is 0 Å². The van der Waals surface area contributed by atoms with Gasteiger partial charge in [-0.05, 0) is 64.0 Å². The van der Waals surface area contributed by atoms with Crippen LogP contribution in [0.2, 0.25) is 0 Å². The molecule has 3 aromatic rings. The van der Waals surface area contributed by atoms with Crippen LogP contribution in [0.5, 0.6) is 0 Å². The molecule has 0 spiro atoms. The van der Waals surface area contributed by atoms with E-state index in [0.717, 1.165) is 35.8 Å². The Balaban J connectivity index is 2.25. The number of carboxylic acid groups (broad SMARTS) is 1. The van der Waals surface area contributed by atoms with Gasteiger partial charge in [-0.25, -0.2) is 0 Å². The average molecular weight is 456 g/mol.